The first-order valence-corrected chi connectivity index (χ1v) is 5.46. The van der Waals surface area contributed by atoms with Gasteiger partial charge < -0.3 is 10.1 Å². The van der Waals surface area contributed by atoms with Crippen molar-refractivity contribution in [3.8, 4) is 0 Å². The second-order valence-corrected chi connectivity index (χ2v) is 3.87. The monoisotopic (exact) mass is 241 g/mol. The molecule has 0 bridgehead atoms. The highest BCUT2D eigenvalue weighted by Crippen LogP contribution is 2.30. The first kappa shape index (κ1) is 11.8. The molecule has 0 aliphatic carbocycles. The van der Waals surface area contributed by atoms with Gasteiger partial charge in [0.15, 0.2) is 0 Å². The van der Waals surface area contributed by atoms with E-state index in [0.29, 0.717) is 18.7 Å². The summed E-state index contributed by atoms with van der Waals surface area (Å²) in [6.07, 6.45) is -2.01. The molecule has 2 rings (SSSR count). The fourth-order valence-corrected chi connectivity index (χ4v) is 1.89. The standard InChI is InChI=1S/C12H13F2NO2/c1-2-17-12(16)10-5-7-3-4-8(11(13)14)6-9(7)15-10/h3-4,6,10-11,15H,2,5H2,1H3. The van der Waals surface area contributed by atoms with Gasteiger partial charge in [0.1, 0.15) is 6.04 Å². The molecule has 1 aliphatic heterocycles. The molecule has 1 aromatic carbocycles. The molecule has 0 fully saturated rings. The Labute approximate surface area is 97.8 Å². The van der Waals surface area contributed by atoms with Crippen LogP contribution in [0.25, 0.3) is 0 Å². The molecule has 0 radical (unpaired) electrons. The molecule has 0 amide bonds. The van der Waals surface area contributed by atoms with Crippen molar-refractivity contribution in [3.05, 3.63) is 29.3 Å². The third-order valence-corrected chi connectivity index (χ3v) is 2.71. The maximum Gasteiger partial charge on any atom is 0.328 e. The van der Waals surface area contributed by atoms with E-state index in [0.717, 1.165) is 5.56 Å². The molecule has 0 spiro atoms. The topological polar surface area (TPSA) is 38.3 Å². The van der Waals surface area contributed by atoms with Crippen molar-refractivity contribution in [2.24, 2.45) is 0 Å². The number of benzene rings is 1. The molecule has 1 aliphatic rings. The van der Waals surface area contributed by atoms with E-state index in [-0.39, 0.29) is 11.5 Å². The Kier molecular flexibility index (Phi) is 3.26. The second kappa shape index (κ2) is 4.69. The molecule has 3 nitrogen and oxygen atoms in total. The van der Waals surface area contributed by atoms with Crippen LogP contribution in [0, 0.1) is 0 Å². The normalized spacial score (nSPS) is 17.8. The molecule has 5 heteroatoms. The van der Waals surface area contributed by atoms with E-state index in [1.807, 2.05) is 0 Å². The number of ether oxygens (including phenoxy) is 1. The van der Waals surface area contributed by atoms with Gasteiger partial charge in [-0.15, -0.1) is 0 Å². The summed E-state index contributed by atoms with van der Waals surface area (Å²) in [6, 6.07) is 3.94. The first-order valence-electron chi connectivity index (χ1n) is 5.46. The predicted octanol–water partition coefficient (Wildman–Crippen LogP) is 2.52. The van der Waals surface area contributed by atoms with Crippen LogP contribution in [0.2, 0.25) is 0 Å². The number of alkyl halides is 2. The van der Waals surface area contributed by atoms with Crippen LogP contribution in [0.3, 0.4) is 0 Å². The molecule has 0 saturated heterocycles. The molecule has 0 aromatic heterocycles. The molecule has 1 atom stereocenters. The smallest absolute Gasteiger partial charge is 0.328 e. The van der Waals surface area contributed by atoms with Gasteiger partial charge in [0, 0.05) is 17.7 Å². The summed E-state index contributed by atoms with van der Waals surface area (Å²) in [5, 5.41) is 2.91. The Morgan fingerprint density at radius 2 is 2.35 bits per heavy atom. The number of esters is 1. The van der Waals surface area contributed by atoms with Crippen molar-refractivity contribution in [2.75, 3.05) is 11.9 Å². The number of carbonyl (C=O) groups excluding carboxylic acids is 1. The van der Waals surface area contributed by atoms with Gasteiger partial charge in [0.05, 0.1) is 6.61 Å². The van der Waals surface area contributed by atoms with Crippen LogP contribution >= 0.6 is 0 Å². The summed E-state index contributed by atoms with van der Waals surface area (Å²) in [4.78, 5) is 11.5. The zero-order chi connectivity index (χ0) is 12.4. The highest BCUT2D eigenvalue weighted by molar-refractivity contribution is 5.83. The lowest BCUT2D eigenvalue weighted by Crippen LogP contribution is -2.28. The second-order valence-electron chi connectivity index (χ2n) is 3.87. The van der Waals surface area contributed by atoms with Gasteiger partial charge in [-0.1, -0.05) is 12.1 Å². The van der Waals surface area contributed by atoms with E-state index >= 15 is 0 Å². The molecule has 17 heavy (non-hydrogen) atoms. The summed E-state index contributed by atoms with van der Waals surface area (Å²) in [5.74, 6) is -0.345. The molecule has 1 N–H and O–H groups in total. The van der Waals surface area contributed by atoms with E-state index in [1.54, 1.807) is 13.0 Å². The maximum atomic E-state index is 12.5. The van der Waals surface area contributed by atoms with E-state index in [1.165, 1.54) is 12.1 Å². The van der Waals surface area contributed by atoms with Crippen LogP contribution in [0.1, 0.15) is 24.5 Å². The zero-order valence-electron chi connectivity index (χ0n) is 9.37. The third-order valence-electron chi connectivity index (χ3n) is 2.71. The van der Waals surface area contributed by atoms with E-state index < -0.39 is 12.5 Å². The van der Waals surface area contributed by atoms with Crippen LogP contribution in [0.4, 0.5) is 14.5 Å². The Morgan fingerprint density at radius 1 is 1.59 bits per heavy atom. The minimum Gasteiger partial charge on any atom is -0.464 e. The lowest BCUT2D eigenvalue weighted by molar-refractivity contribution is -0.143. The summed E-state index contributed by atoms with van der Waals surface area (Å²) in [6.45, 7) is 2.05. The Morgan fingerprint density at radius 3 is 3.00 bits per heavy atom. The lowest BCUT2D eigenvalue weighted by Gasteiger charge is -2.09. The minimum absolute atomic E-state index is 0.0410. The van der Waals surface area contributed by atoms with Gasteiger partial charge in [-0.25, -0.2) is 13.6 Å². The number of anilines is 1. The van der Waals surface area contributed by atoms with E-state index in [2.05, 4.69) is 5.32 Å². The van der Waals surface area contributed by atoms with Gasteiger partial charge in [0.25, 0.3) is 6.43 Å². The van der Waals surface area contributed by atoms with Gasteiger partial charge in [0.2, 0.25) is 0 Å². The van der Waals surface area contributed by atoms with Crippen LogP contribution in [-0.4, -0.2) is 18.6 Å². The fourth-order valence-electron chi connectivity index (χ4n) is 1.89. The van der Waals surface area contributed by atoms with E-state index in [9.17, 15) is 13.6 Å². The van der Waals surface area contributed by atoms with Gasteiger partial charge in [-0.05, 0) is 18.6 Å². The highest BCUT2D eigenvalue weighted by atomic mass is 19.3. The van der Waals surface area contributed by atoms with E-state index in [4.69, 9.17) is 4.74 Å². The average Bonchev–Trinajstić information content (AvgIpc) is 2.71. The number of nitrogens with one attached hydrogen (secondary N) is 1. The fraction of sp³-hybridized carbons (Fsp3) is 0.417. The molecule has 1 aromatic rings. The predicted molar refractivity (Wildman–Crippen MR) is 59.1 cm³/mol. The van der Waals surface area contributed by atoms with Crippen LogP contribution in [0.15, 0.2) is 18.2 Å². The Hall–Kier alpha value is -1.65. The number of hydrogen-bond donors (Lipinski definition) is 1. The molecule has 92 valence electrons. The maximum absolute atomic E-state index is 12.5. The third kappa shape index (κ3) is 2.38. The van der Waals surface area contributed by atoms with Crippen LogP contribution in [-0.2, 0) is 16.0 Å². The largest absolute Gasteiger partial charge is 0.464 e. The Bertz CT molecular complexity index is 435. The summed E-state index contributed by atoms with van der Waals surface area (Å²) in [7, 11) is 0. The van der Waals surface area contributed by atoms with Crippen molar-refractivity contribution in [3.63, 3.8) is 0 Å². The van der Waals surface area contributed by atoms with Crippen molar-refractivity contribution < 1.29 is 18.3 Å². The van der Waals surface area contributed by atoms with Gasteiger partial charge in [-0.3, -0.25) is 0 Å². The number of fused-ring (bicyclic) bond motifs is 1. The SMILES string of the molecule is CCOC(=O)C1Cc2ccc(C(F)F)cc2N1. The lowest BCUT2D eigenvalue weighted by atomic mass is 10.1. The summed E-state index contributed by atoms with van der Waals surface area (Å²) >= 11 is 0. The number of hydrogen-bond acceptors (Lipinski definition) is 3. The quantitative estimate of drug-likeness (QED) is 0.826. The van der Waals surface area contributed by atoms with Crippen LogP contribution < -0.4 is 5.32 Å². The van der Waals surface area contributed by atoms with Crippen LogP contribution in [0.5, 0.6) is 0 Å². The number of halogens is 2. The Balaban J connectivity index is 2.14. The number of carbonyl (C=O) groups is 1. The average molecular weight is 241 g/mol. The van der Waals surface area contributed by atoms with Gasteiger partial charge >= 0.3 is 5.97 Å². The molecule has 1 heterocycles. The summed E-state index contributed by atoms with van der Waals surface area (Å²) < 4.78 is 29.9. The zero-order valence-corrected chi connectivity index (χ0v) is 9.37. The van der Waals surface area contributed by atoms with Crippen molar-refractivity contribution in [1.82, 2.24) is 0 Å². The highest BCUT2D eigenvalue weighted by Gasteiger charge is 2.28. The molecular formula is C12H13F2NO2. The molecule has 1 unspecified atom stereocenters. The van der Waals surface area contributed by atoms with Gasteiger partial charge in [-0.2, -0.15) is 0 Å². The molecular weight excluding hydrogens is 228 g/mol. The van der Waals surface area contributed by atoms with Crippen molar-refractivity contribution in [1.29, 1.82) is 0 Å². The van der Waals surface area contributed by atoms with Crippen molar-refractivity contribution in [2.45, 2.75) is 25.8 Å². The summed E-state index contributed by atoms with van der Waals surface area (Å²) in [5.41, 5.74) is 1.43. The van der Waals surface area contributed by atoms with Crippen molar-refractivity contribution >= 4 is 11.7 Å². The number of rotatable bonds is 3. The minimum atomic E-state index is -2.50. The first-order chi connectivity index (χ1) is 8.11. The molecule has 0 saturated carbocycles.